The van der Waals surface area contributed by atoms with Crippen LogP contribution in [0.3, 0.4) is 0 Å². The molecule has 0 aliphatic carbocycles. The van der Waals surface area contributed by atoms with Crippen molar-refractivity contribution in [3.05, 3.63) is 94.3 Å². The van der Waals surface area contributed by atoms with Gasteiger partial charge in [0.2, 0.25) is 0 Å². The van der Waals surface area contributed by atoms with Gasteiger partial charge in [0.15, 0.2) is 6.61 Å². The number of ether oxygens (including phenoxy) is 1. The lowest BCUT2D eigenvalue weighted by Crippen LogP contribution is -2.26. The zero-order valence-corrected chi connectivity index (χ0v) is 18.5. The Labute approximate surface area is 193 Å². The Kier molecular flexibility index (Phi) is 7.21. The summed E-state index contributed by atoms with van der Waals surface area (Å²) in [5, 5.41) is 12.9. The first-order valence-corrected chi connectivity index (χ1v) is 11.1. The molecule has 3 aromatic carbocycles. The number of nitrogens with zero attached hydrogens (tertiary/aromatic N) is 2. The van der Waals surface area contributed by atoms with Gasteiger partial charge >= 0.3 is 5.97 Å². The lowest BCUT2D eigenvalue weighted by molar-refractivity contribution is -0.384. The highest BCUT2D eigenvalue weighted by Gasteiger charge is 2.22. The van der Waals surface area contributed by atoms with Gasteiger partial charge in [0, 0.05) is 19.2 Å². The van der Waals surface area contributed by atoms with Crippen LogP contribution in [0.4, 0.5) is 21.5 Å². The molecule has 1 amide bonds. The number of hydrogen-bond acceptors (Lipinski definition) is 7. The summed E-state index contributed by atoms with van der Waals surface area (Å²) in [6.07, 6.45) is 0. The minimum absolute atomic E-state index is 0.0179. The van der Waals surface area contributed by atoms with E-state index in [1.54, 1.807) is 30.3 Å². The molecule has 12 heteroatoms. The molecule has 0 saturated carbocycles. The Morgan fingerprint density at radius 1 is 1.06 bits per heavy atom. The Morgan fingerprint density at radius 3 is 2.32 bits per heavy atom. The summed E-state index contributed by atoms with van der Waals surface area (Å²) >= 11 is 0. The van der Waals surface area contributed by atoms with Gasteiger partial charge in [0.05, 0.1) is 26.8 Å². The van der Waals surface area contributed by atoms with Gasteiger partial charge in [-0.05, 0) is 42.5 Å². The van der Waals surface area contributed by atoms with E-state index in [4.69, 9.17) is 4.74 Å². The van der Waals surface area contributed by atoms with E-state index >= 15 is 0 Å². The van der Waals surface area contributed by atoms with Gasteiger partial charge in [-0.25, -0.2) is 17.6 Å². The number of amides is 1. The first-order valence-electron chi connectivity index (χ1n) is 9.64. The number of nitro benzene ring substituents is 1. The maximum absolute atomic E-state index is 13.8. The summed E-state index contributed by atoms with van der Waals surface area (Å²) in [4.78, 5) is 34.1. The molecule has 0 aromatic heterocycles. The smallest absolute Gasteiger partial charge is 0.338 e. The molecule has 0 unspecified atom stereocenters. The number of non-ortho nitro benzene ring substituents is 1. The van der Waals surface area contributed by atoms with Crippen molar-refractivity contribution in [1.29, 1.82) is 0 Å². The standard InChI is InChI=1S/C22H18FN3O7S/c1-25(16-5-3-2-4-6-16)34(31,32)18-10-7-15(8-11-18)22(28)33-14-21(27)24-20-13-17(26(29)30)9-12-19(20)23/h2-13H,14H2,1H3,(H,24,27). The Balaban J connectivity index is 1.62. The third-order valence-electron chi connectivity index (χ3n) is 4.64. The predicted molar refractivity (Wildman–Crippen MR) is 120 cm³/mol. The van der Waals surface area contributed by atoms with E-state index in [0.29, 0.717) is 5.69 Å². The molecule has 0 spiro atoms. The topological polar surface area (TPSA) is 136 Å². The largest absolute Gasteiger partial charge is 0.452 e. The number of carbonyl (C=O) groups is 2. The number of nitrogens with one attached hydrogen (secondary N) is 1. The van der Waals surface area contributed by atoms with Crippen molar-refractivity contribution < 1.29 is 32.1 Å². The van der Waals surface area contributed by atoms with Crippen LogP contribution in [0, 0.1) is 15.9 Å². The van der Waals surface area contributed by atoms with E-state index in [-0.39, 0.29) is 10.5 Å². The summed E-state index contributed by atoms with van der Waals surface area (Å²) in [5.74, 6) is -2.74. The second kappa shape index (κ2) is 10.1. The first-order chi connectivity index (χ1) is 16.1. The molecule has 0 radical (unpaired) electrons. The minimum Gasteiger partial charge on any atom is -0.452 e. The number of rotatable bonds is 8. The highest BCUT2D eigenvalue weighted by Crippen LogP contribution is 2.23. The minimum atomic E-state index is -3.87. The fourth-order valence-corrected chi connectivity index (χ4v) is 4.02. The number of carbonyl (C=O) groups excluding carboxylic acids is 2. The van der Waals surface area contributed by atoms with E-state index in [2.05, 4.69) is 5.32 Å². The van der Waals surface area contributed by atoms with Crippen LogP contribution in [0.5, 0.6) is 0 Å². The number of halogens is 1. The number of sulfonamides is 1. The van der Waals surface area contributed by atoms with E-state index in [1.807, 2.05) is 0 Å². The summed E-state index contributed by atoms with van der Waals surface area (Å²) < 4.78 is 45.3. The van der Waals surface area contributed by atoms with Crippen molar-refractivity contribution in [2.24, 2.45) is 0 Å². The first kappa shape index (κ1) is 24.3. The number of hydrogen-bond donors (Lipinski definition) is 1. The van der Waals surface area contributed by atoms with Crippen LogP contribution in [0.2, 0.25) is 0 Å². The van der Waals surface area contributed by atoms with Crippen molar-refractivity contribution in [2.45, 2.75) is 4.90 Å². The van der Waals surface area contributed by atoms with Crippen molar-refractivity contribution in [2.75, 3.05) is 23.3 Å². The molecular weight excluding hydrogens is 469 g/mol. The molecular formula is C22H18FN3O7S. The Hall–Kier alpha value is -4.32. The quantitative estimate of drug-likeness (QED) is 0.292. The summed E-state index contributed by atoms with van der Waals surface area (Å²) in [6, 6.07) is 15.9. The third-order valence-corrected chi connectivity index (χ3v) is 6.44. The van der Waals surface area contributed by atoms with Crippen LogP contribution in [0.15, 0.2) is 77.7 Å². The van der Waals surface area contributed by atoms with Crippen molar-refractivity contribution in [1.82, 2.24) is 0 Å². The van der Waals surface area contributed by atoms with Gasteiger partial charge < -0.3 is 10.1 Å². The summed E-state index contributed by atoms with van der Waals surface area (Å²) in [7, 11) is -2.48. The number of benzene rings is 3. The van der Waals surface area contributed by atoms with Crippen LogP contribution in [0.25, 0.3) is 0 Å². The SMILES string of the molecule is CN(c1ccccc1)S(=O)(=O)c1ccc(C(=O)OCC(=O)Nc2cc([N+](=O)[O-])ccc2F)cc1. The number of esters is 1. The van der Waals surface area contributed by atoms with E-state index in [9.17, 15) is 32.5 Å². The number of nitro groups is 1. The maximum atomic E-state index is 13.8. The second-order valence-electron chi connectivity index (χ2n) is 6.88. The fourth-order valence-electron chi connectivity index (χ4n) is 2.82. The zero-order chi connectivity index (χ0) is 24.9. The molecule has 34 heavy (non-hydrogen) atoms. The molecule has 3 aromatic rings. The lowest BCUT2D eigenvalue weighted by atomic mass is 10.2. The molecule has 1 N–H and O–H groups in total. The van der Waals surface area contributed by atoms with Crippen molar-refractivity contribution in [3.8, 4) is 0 Å². The number of anilines is 2. The van der Waals surface area contributed by atoms with Crippen LogP contribution in [-0.2, 0) is 19.6 Å². The predicted octanol–water partition coefficient (Wildman–Crippen LogP) is 3.35. The Bertz CT molecular complexity index is 1330. The van der Waals surface area contributed by atoms with Crippen molar-refractivity contribution >= 4 is 39.0 Å². The molecule has 0 saturated heterocycles. The third kappa shape index (κ3) is 5.53. The highest BCUT2D eigenvalue weighted by atomic mass is 32.2. The van der Waals surface area contributed by atoms with Gasteiger partial charge in [-0.2, -0.15) is 0 Å². The van der Waals surface area contributed by atoms with Gasteiger partial charge in [0.1, 0.15) is 5.82 Å². The molecule has 0 atom stereocenters. The van der Waals surface area contributed by atoms with Gasteiger partial charge in [0.25, 0.3) is 21.6 Å². The van der Waals surface area contributed by atoms with E-state index < -0.39 is 50.6 Å². The van der Waals surface area contributed by atoms with Gasteiger partial charge in [-0.1, -0.05) is 18.2 Å². The lowest BCUT2D eigenvalue weighted by Gasteiger charge is -2.19. The molecule has 176 valence electrons. The monoisotopic (exact) mass is 487 g/mol. The van der Waals surface area contributed by atoms with Crippen LogP contribution < -0.4 is 9.62 Å². The highest BCUT2D eigenvalue weighted by molar-refractivity contribution is 7.92. The van der Waals surface area contributed by atoms with Gasteiger partial charge in [-0.3, -0.25) is 19.2 Å². The molecule has 0 fully saturated rings. The molecule has 3 rings (SSSR count). The van der Waals surface area contributed by atoms with E-state index in [0.717, 1.165) is 22.5 Å². The maximum Gasteiger partial charge on any atom is 0.338 e. The molecule has 10 nitrogen and oxygen atoms in total. The molecule has 0 bridgehead atoms. The average molecular weight is 487 g/mol. The molecule has 0 heterocycles. The van der Waals surface area contributed by atoms with Crippen LogP contribution in [0.1, 0.15) is 10.4 Å². The normalized spacial score (nSPS) is 10.9. The van der Waals surface area contributed by atoms with Crippen LogP contribution >= 0.6 is 0 Å². The van der Waals surface area contributed by atoms with Crippen LogP contribution in [-0.4, -0.2) is 38.9 Å². The summed E-state index contributed by atoms with van der Waals surface area (Å²) in [5.41, 5.74) is -0.429. The molecule has 0 aliphatic rings. The zero-order valence-electron chi connectivity index (χ0n) is 17.7. The Morgan fingerprint density at radius 2 is 1.71 bits per heavy atom. The van der Waals surface area contributed by atoms with Gasteiger partial charge in [-0.15, -0.1) is 0 Å². The molecule has 0 aliphatic heterocycles. The average Bonchev–Trinajstić information content (AvgIpc) is 2.83. The second-order valence-corrected chi connectivity index (χ2v) is 8.85. The summed E-state index contributed by atoms with van der Waals surface area (Å²) in [6.45, 7) is -0.794. The van der Waals surface area contributed by atoms with E-state index in [1.165, 1.54) is 31.3 Å². The van der Waals surface area contributed by atoms with Crippen molar-refractivity contribution in [3.63, 3.8) is 0 Å². The fraction of sp³-hybridized carbons (Fsp3) is 0.0909. The number of para-hydroxylation sites is 1.